The van der Waals surface area contributed by atoms with Gasteiger partial charge >= 0.3 is 0 Å². The monoisotopic (exact) mass is 234 g/mol. The van der Waals surface area contributed by atoms with E-state index >= 15 is 0 Å². The summed E-state index contributed by atoms with van der Waals surface area (Å²) in [6.07, 6.45) is 0. The van der Waals surface area contributed by atoms with Gasteiger partial charge in [-0.2, -0.15) is 0 Å². The molecule has 0 aliphatic heterocycles. The van der Waals surface area contributed by atoms with Gasteiger partial charge < -0.3 is 4.90 Å². The molecule has 0 saturated carbocycles. The normalized spacial score (nSPS) is 10.6. The number of rotatable bonds is 5. The van der Waals surface area contributed by atoms with Crippen molar-refractivity contribution in [3.8, 4) is 0 Å². The third-order valence-electron chi connectivity index (χ3n) is 2.83. The lowest BCUT2D eigenvalue weighted by Gasteiger charge is -2.22. The van der Waals surface area contributed by atoms with Gasteiger partial charge in [-0.05, 0) is 19.0 Å². The molecule has 0 atom stereocenters. The minimum absolute atomic E-state index is 0.152. The van der Waals surface area contributed by atoms with Crippen LogP contribution in [0.3, 0.4) is 0 Å². The number of carbonyl (C=O) groups excluding carboxylic acids is 1. The summed E-state index contributed by atoms with van der Waals surface area (Å²) in [4.78, 5) is 15.4. The summed E-state index contributed by atoms with van der Waals surface area (Å²) >= 11 is 0. The van der Waals surface area contributed by atoms with Crippen LogP contribution in [0.25, 0.3) is 0 Å². The molecule has 1 aromatic carbocycles. The molecule has 0 spiro atoms. The van der Waals surface area contributed by atoms with Gasteiger partial charge in [0.2, 0.25) is 5.91 Å². The van der Waals surface area contributed by atoms with Crippen LogP contribution in [0.15, 0.2) is 24.3 Å². The van der Waals surface area contributed by atoms with E-state index in [1.165, 1.54) is 11.1 Å². The highest BCUT2D eigenvalue weighted by Crippen LogP contribution is 2.06. The Balaban J connectivity index is 2.57. The molecule has 0 saturated heterocycles. The summed E-state index contributed by atoms with van der Waals surface area (Å²) in [6, 6.07) is 8.46. The van der Waals surface area contributed by atoms with Crippen molar-refractivity contribution in [2.24, 2.45) is 0 Å². The molecule has 0 aromatic heterocycles. The molecule has 0 heterocycles. The zero-order chi connectivity index (χ0) is 12.8. The maximum atomic E-state index is 11.6. The van der Waals surface area contributed by atoms with Gasteiger partial charge in [-0.15, -0.1) is 0 Å². The van der Waals surface area contributed by atoms with Crippen molar-refractivity contribution < 1.29 is 4.79 Å². The predicted octanol–water partition coefficient (Wildman–Crippen LogP) is 1.91. The summed E-state index contributed by atoms with van der Waals surface area (Å²) in [6.45, 7) is 6.36. The molecule has 94 valence electrons. The molecule has 0 aliphatic rings. The molecule has 1 amide bonds. The first kappa shape index (κ1) is 13.7. The molecule has 1 aromatic rings. The molecule has 0 fully saturated rings. The van der Waals surface area contributed by atoms with Gasteiger partial charge in [-0.3, -0.25) is 9.69 Å². The van der Waals surface area contributed by atoms with E-state index in [-0.39, 0.29) is 5.91 Å². The summed E-state index contributed by atoms with van der Waals surface area (Å²) in [5.41, 5.74) is 2.52. The van der Waals surface area contributed by atoms with E-state index in [1.54, 1.807) is 19.0 Å². The first-order chi connectivity index (χ1) is 8.02. The number of nitrogens with zero attached hydrogens (tertiary/aromatic N) is 2. The van der Waals surface area contributed by atoms with E-state index in [9.17, 15) is 4.79 Å². The Labute approximate surface area is 104 Å². The number of benzene rings is 1. The van der Waals surface area contributed by atoms with E-state index in [2.05, 4.69) is 43.0 Å². The standard InChI is InChI=1S/C14H22N2O/c1-5-16(11-14(17)15(3)4)10-13-8-6-12(2)7-9-13/h6-9H,5,10-11H2,1-4H3. The van der Waals surface area contributed by atoms with Crippen LogP contribution in [0.5, 0.6) is 0 Å². The van der Waals surface area contributed by atoms with Gasteiger partial charge in [-0.1, -0.05) is 36.8 Å². The zero-order valence-electron chi connectivity index (χ0n) is 11.2. The Bertz CT molecular complexity index is 357. The molecule has 0 radical (unpaired) electrons. The van der Waals surface area contributed by atoms with Crippen LogP contribution in [-0.2, 0) is 11.3 Å². The second-order valence-corrected chi connectivity index (χ2v) is 4.58. The maximum absolute atomic E-state index is 11.6. The van der Waals surface area contributed by atoms with E-state index in [0.717, 1.165) is 13.1 Å². The van der Waals surface area contributed by atoms with Crippen LogP contribution in [-0.4, -0.2) is 42.9 Å². The fraction of sp³-hybridized carbons (Fsp3) is 0.500. The predicted molar refractivity (Wildman–Crippen MR) is 70.8 cm³/mol. The number of carbonyl (C=O) groups is 1. The molecule has 1 rings (SSSR count). The quantitative estimate of drug-likeness (QED) is 0.777. The smallest absolute Gasteiger partial charge is 0.236 e. The number of likely N-dealkylation sites (N-methyl/N-ethyl adjacent to an activating group) is 2. The summed E-state index contributed by atoms with van der Waals surface area (Å²) in [5.74, 6) is 0.152. The Morgan fingerprint density at radius 3 is 2.24 bits per heavy atom. The summed E-state index contributed by atoms with van der Waals surface area (Å²) in [7, 11) is 3.59. The van der Waals surface area contributed by atoms with Crippen molar-refractivity contribution in [3.05, 3.63) is 35.4 Å². The SMILES string of the molecule is CCN(CC(=O)N(C)C)Cc1ccc(C)cc1. The lowest BCUT2D eigenvalue weighted by molar-refractivity contribution is -0.130. The van der Waals surface area contributed by atoms with Crippen LogP contribution < -0.4 is 0 Å². The summed E-state index contributed by atoms with van der Waals surface area (Å²) < 4.78 is 0. The van der Waals surface area contributed by atoms with Gasteiger partial charge in [0.05, 0.1) is 6.54 Å². The van der Waals surface area contributed by atoms with Crippen molar-refractivity contribution in [1.82, 2.24) is 9.80 Å². The molecule has 3 heteroatoms. The highest BCUT2D eigenvalue weighted by atomic mass is 16.2. The van der Waals surface area contributed by atoms with Gasteiger partial charge in [-0.25, -0.2) is 0 Å². The van der Waals surface area contributed by atoms with Crippen LogP contribution in [0, 0.1) is 6.92 Å². The van der Waals surface area contributed by atoms with Crippen LogP contribution in [0.4, 0.5) is 0 Å². The van der Waals surface area contributed by atoms with Crippen LogP contribution >= 0.6 is 0 Å². The lowest BCUT2D eigenvalue weighted by atomic mass is 10.1. The van der Waals surface area contributed by atoms with Crippen molar-refractivity contribution >= 4 is 5.91 Å². The van der Waals surface area contributed by atoms with E-state index in [0.29, 0.717) is 6.54 Å². The number of hydrogen-bond acceptors (Lipinski definition) is 2. The Morgan fingerprint density at radius 2 is 1.76 bits per heavy atom. The van der Waals surface area contributed by atoms with Crippen molar-refractivity contribution in [2.45, 2.75) is 20.4 Å². The largest absolute Gasteiger partial charge is 0.348 e. The van der Waals surface area contributed by atoms with Gasteiger partial charge in [0.25, 0.3) is 0 Å². The molecular formula is C14H22N2O. The molecular weight excluding hydrogens is 212 g/mol. The maximum Gasteiger partial charge on any atom is 0.236 e. The molecule has 3 nitrogen and oxygen atoms in total. The Hall–Kier alpha value is -1.35. The minimum atomic E-state index is 0.152. The molecule has 17 heavy (non-hydrogen) atoms. The Kier molecular flexibility index (Phi) is 5.16. The number of aryl methyl sites for hydroxylation is 1. The van der Waals surface area contributed by atoms with Crippen LogP contribution in [0.1, 0.15) is 18.1 Å². The molecule has 0 unspecified atom stereocenters. The average molecular weight is 234 g/mol. The first-order valence-corrected chi connectivity index (χ1v) is 6.01. The zero-order valence-corrected chi connectivity index (χ0v) is 11.2. The first-order valence-electron chi connectivity index (χ1n) is 6.01. The number of amides is 1. The molecule has 0 N–H and O–H groups in total. The average Bonchev–Trinajstić information content (AvgIpc) is 2.30. The highest BCUT2D eigenvalue weighted by Gasteiger charge is 2.10. The van der Waals surface area contributed by atoms with Gasteiger partial charge in [0.15, 0.2) is 0 Å². The second-order valence-electron chi connectivity index (χ2n) is 4.58. The molecule has 0 aliphatic carbocycles. The third-order valence-corrected chi connectivity index (χ3v) is 2.83. The Morgan fingerprint density at radius 1 is 1.18 bits per heavy atom. The lowest BCUT2D eigenvalue weighted by Crippen LogP contribution is -2.36. The summed E-state index contributed by atoms with van der Waals surface area (Å²) in [5, 5.41) is 0. The van der Waals surface area contributed by atoms with Crippen LogP contribution in [0.2, 0.25) is 0 Å². The highest BCUT2D eigenvalue weighted by molar-refractivity contribution is 5.77. The fourth-order valence-electron chi connectivity index (χ4n) is 1.56. The fourth-order valence-corrected chi connectivity index (χ4v) is 1.56. The second kappa shape index (κ2) is 6.40. The van der Waals surface area contributed by atoms with Gasteiger partial charge in [0, 0.05) is 20.6 Å². The van der Waals surface area contributed by atoms with Crippen molar-refractivity contribution in [1.29, 1.82) is 0 Å². The third kappa shape index (κ3) is 4.57. The van der Waals surface area contributed by atoms with Crippen molar-refractivity contribution in [2.75, 3.05) is 27.2 Å². The molecule has 0 bridgehead atoms. The van der Waals surface area contributed by atoms with E-state index < -0.39 is 0 Å². The number of hydrogen-bond donors (Lipinski definition) is 0. The minimum Gasteiger partial charge on any atom is -0.348 e. The van der Waals surface area contributed by atoms with E-state index in [4.69, 9.17) is 0 Å². The van der Waals surface area contributed by atoms with Gasteiger partial charge in [0.1, 0.15) is 0 Å². The van der Waals surface area contributed by atoms with Crippen molar-refractivity contribution in [3.63, 3.8) is 0 Å². The van der Waals surface area contributed by atoms with E-state index in [1.807, 2.05) is 0 Å². The topological polar surface area (TPSA) is 23.6 Å².